The minimum atomic E-state index is -0.697. The first-order valence-electron chi connectivity index (χ1n) is 7.65. The van der Waals surface area contributed by atoms with E-state index < -0.39 is 11.8 Å². The zero-order chi connectivity index (χ0) is 17.6. The largest absolute Gasteiger partial charge is 0.508 e. The van der Waals surface area contributed by atoms with Crippen molar-refractivity contribution in [2.75, 3.05) is 0 Å². The molecule has 5 heteroatoms. The van der Waals surface area contributed by atoms with Gasteiger partial charge < -0.3 is 10.2 Å². The van der Waals surface area contributed by atoms with Crippen LogP contribution in [-0.2, 0) is 0 Å². The van der Waals surface area contributed by atoms with Crippen molar-refractivity contribution in [3.63, 3.8) is 0 Å². The molecule has 25 heavy (non-hydrogen) atoms. The Labute approximate surface area is 142 Å². The molecule has 5 nitrogen and oxygen atoms in total. The first-order chi connectivity index (χ1) is 12.0. The summed E-state index contributed by atoms with van der Waals surface area (Å²) >= 11 is 0. The molecule has 0 aromatic heterocycles. The van der Waals surface area contributed by atoms with Gasteiger partial charge in [-0.3, -0.25) is 14.9 Å². The molecule has 1 aliphatic carbocycles. The average Bonchev–Trinajstić information content (AvgIpc) is 2.99. The van der Waals surface area contributed by atoms with E-state index in [0.29, 0.717) is 5.56 Å². The lowest BCUT2D eigenvalue weighted by Gasteiger charge is -2.09. The number of hydrogen-bond donors (Lipinski definition) is 3. The topological polar surface area (TPSA) is 86.6 Å². The number of carbonyl (C=O) groups excluding carboxylic acids is 2. The summed E-state index contributed by atoms with van der Waals surface area (Å²) in [5.41, 5.74) is 2.46. The molecule has 0 spiro atoms. The zero-order valence-corrected chi connectivity index (χ0v) is 13.0. The Morgan fingerprint density at radius 3 is 2.20 bits per heavy atom. The van der Waals surface area contributed by atoms with E-state index in [2.05, 4.69) is 5.32 Å². The SMILES string of the molecule is O=C(NC(=O)c1ccc2c3c(cccc13)C=C2)c1cc(O)cc(O)c1. The second kappa shape index (κ2) is 5.49. The Hall–Kier alpha value is -3.60. The third-order valence-electron chi connectivity index (χ3n) is 4.18. The maximum Gasteiger partial charge on any atom is 0.258 e. The van der Waals surface area contributed by atoms with Crippen molar-refractivity contribution in [2.45, 2.75) is 0 Å². The highest BCUT2D eigenvalue weighted by molar-refractivity contribution is 6.18. The van der Waals surface area contributed by atoms with E-state index in [9.17, 15) is 19.8 Å². The number of phenolic OH excluding ortho intramolecular Hbond substituents is 2. The summed E-state index contributed by atoms with van der Waals surface area (Å²) in [6.07, 6.45) is 3.97. The highest BCUT2D eigenvalue weighted by Crippen LogP contribution is 2.33. The van der Waals surface area contributed by atoms with Gasteiger partial charge in [-0.2, -0.15) is 0 Å². The van der Waals surface area contributed by atoms with Crippen molar-refractivity contribution in [1.82, 2.24) is 5.32 Å². The normalized spacial score (nSPS) is 11.7. The second-order valence-corrected chi connectivity index (χ2v) is 5.83. The highest BCUT2D eigenvalue weighted by atomic mass is 16.3. The lowest BCUT2D eigenvalue weighted by molar-refractivity contribution is 0.0849. The van der Waals surface area contributed by atoms with Crippen molar-refractivity contribution in [3.05, 3.63) is 70.8 Å². The quantitative estimate of drug-likeness (QED) is 0.492. The number of imide groups is 1. The maximum absolute atomic E-state index is 12.6. The van der Waals surface area contributed by atoms with E-state index in [1.165, 1.54) is 12.1 Å². The van der Waals surface area contributed by atoms with Crippen LogP contribution in [0.1, 0.15) is 31.8 Å². The van der Waals surface area contributed by atoms with E-state index in [1.807, 2.05) is 36.4 Å². The summed E-state index contributed by atoms with van der Waals surface area (Å²) in [6, 6.07) is 12.7. The predicted octanol–water partition coefficient (Wildman–Crippen LogP) is 3.31. The molecule has 1 aliphatic rings. The van der Waals surface area contributed by atoms with Crippen LogP contribution in [0.3, 0.4) is 0 Å². The summed E-state index contributed by atoms with van der Waals surface area (Å²) < 4.78 is 0. The van der Waals surface area contributed by atoms with E-state index in [4.69, 9.17) is 0 Å². The third kappa shape index (κ3) is 2.52. The van der Waals surface area contributed by atoms with Gasteiger partial charge in [0.2, 0.25) is 0 Å². The summed E-state index contributed by atoms with van der Waals surface area (Å²) in [4.78, 5) is 24.8. The summed E-state index contributed by atoms with van der Waals surface area (Å²) in [5, 5.41) is 23.0. The summed E-state index contributed by atoms with van der Waals surface area (Å²) in [6.45, 7) is 0. The van der Waals surface area contributed by atoms with Gasteiger partial charge in [-0.05, 0) is 40.1 Å². The van der Waals surface area contributed by atoms with Crippen LogP contribution in [0.25, 0.3) is 22.9 Å². The first-order valence-corrected chi connectivity index (χ1v) is 7.65. The minimum Gasteiger partial charge on any atom is -0.508 e. The molecule has 3 aromatic carbocycles. The number of nitrogens with one attached hydrogen (secondary N) is 1. The van der Waals surface area contributed by atoms with Gasteiger partial charge in [0.15, 0.2) is 0 Å². The molecule has 3 N–H and O–H groups in total. The van der Waals surface area contributed by atoms with E-state index >= 15 is 0 Å². The molecule has 0 heterocycles. The van der Waals surface area contributed by atoms with Crippen LogP contribution < -0.4 is 5.32 Å². The number of hydrogen-bond acceptors (Lipinski definition) is 4. The fraction of sp³-hybridized carbons (Fsp3) is 0. The summed E-state index contributed by atoms with van der Waals surface area (Å²) in [5.74, 6) is -1.75. The van der Waals surface area contributed by atoms with Crippen molar-refractivity contribution in [2.24, 2.45) is 0 Å². The van der Waals surface area contributed by atoms with Gasteiger partial charge in [0.1, 0.15) is 11.5 Å². The number of amides is 2. The standard InChI is InChI=1S/C20H13NO4/c22-14-8-13(9-15(23)10-14)19(24)21-20(25)17-7-6-12-5-4-11-2-1-3-16(17)18(11)12/h1-10,22-23H,(H,21,24,25). The van der Waals surface area contributed by atoms with Crippen LogP contribution in [0, 0.1) is 0 Å². The predicted molar refractivity (Wildman–Crippen MR) is 94.4 cm³/mol. The monoisotopic (exact) mass is 331 g/mol. The second-order valence-electron chi connectivity index (χ2n) is 5.83. The molecule has 0 aliphatic heterocycles. The van der Waals surface area contributed by atoms with Crippen molar-refractivity contribution >= 4 is 34.7 Å². The van der Waals surface area contributed by atoms with Crippen LogP contribution in [-0.4, -0.2) is 22.0 Å². The van der Waals surface area contributed by atoms with Gasteiger partial charge in [0.05, 0.1) is 0 Å². The van der Waals surface area contributed by atoms with Gasteiger partial charge in [-0.1, -0.05) is 36.4 Å². The van der Waals surface area contributed by atoms with Crippen LogP contribution >= 0.6 is 0 Å². The molecule has 0 saturated carbocycles. The lowest BCUT2D eigenvalue weighted by atomic mass is 9.99. The molecule has 4 rings (SSSR count). The fourth-order valence-corrected chi connectivity index (χ4v) is 3.09. The van der Waals surface area contributed by atoms with Crippen LogP contribution in [0.15, 0.2) is 48.5 Å². The smallest absolute Gasteiger partial charge is 0.258 e. The Morgan fingerprint density at radius 2 is 1.48 bits per heavy atom. The number of rotatable bonds is 2. The molecule has 3 aromatic rings. The van der Waals surface area contributed by atoms with Crippen LogP contribution in [0.2, 0.25) is 0 Å². The van der Waals surface area contributed by atoms with Gasteiger partial charge in [0.25, 0.3) is 11.8 Å². The van der Waals surface area contributed by atoms with Gasteiger partial charge in [0, 0.05) is 17.2 Å². The molecule has 0 atom stereocenters. The number of carbonyl (C=O) groups is 2. The first kappa shape index (κ1) is 15.0. The molecule has 0 unspecified atom stereocenters. The highest BCUT2D eigenvalue weighted by Gasteiger charge is 2.18. The van der Waals surface area contributed by atoms with Crippen LogP contribution in [0.5, 0.6) is 11.5 Å². The molecule has 122 valence electrons. The molecule has 2 amide bonds. The maximum atomic E-state index is 12.6. The molecule has 0 bridgehead atoms. The number of aromatic hydroxyl groups is 2. The molecule has 0 fully saturated rings. The van der Waals surface area contributed by atoms with E-state index in [0.717, 1.165) is 28.0 Å². The summed E-state index contributed by atoms with van der Waals surface area (Å²) in [7, 11) is 0. The Balaban J connectivity index is 1.69. The van der Waals surface area contributed by atoms with Crippen molar-refractivity contribution in [3.8, 4) is 11.5 Å². The molecular formula is C20H13NO4. The Bertz CT molecular complexity index is 1050. The van der Waals surface area contributed by atoms with E-state index in [1.54, 1.807) is 6.07 Å². The van der Waals surface area contributed by atoms with Crippen molar-refractivity contribution in [1.29, 1.82) is 0 Å². The van der Waals surface area contributed by atoms with E-state index in [-0.39, 0.29) is 17.1 Å². The average molecular weight is 331 g/mol. The third-order valence-corrected chi connectivity index (χ3v) is 4.18. The van der Waals surface area contributed by atoms with Crippen molar-refractivity contribution < 1.29 is 19.8 Å². The molecular weight excluding hydrogens is 318 g/mol. The lowest BCUT2D eigenvalue weighted by Crippen LogP contribution is -2.30. The van der Waals surface area contributed by atoms with Crippen LogP contribution in [0.4, 0.5) is 0 Å². The zero-order valence-electron chi connectivity index (χ0n) is 13.0. The molecule has 0 radical (unpaired) electrons. The van der Waals surface area contributed by atoms with Gasteiger partial charge in [-0.15, -0.1) is 0 Å². The molecule has 0 saturated heterocycles. The minimum absolute atomic E-state index is 0.00144. The number of benzene rings is 3. The Kier molecular flexibility index (Phi) is 3.28. The number of phenols is 2. The fourth-order valence-electron chi connectivity index (χ4n) is 3.09. The Morgan fingerprint density at radius 1 is 0.800 bits per heavy atom. The van der Waals surface area contributed by atoms with Gasteiger partial charge >= 0.3 is 0 Å². The van der Waals surface area contributed by atoms with Gasteiger partial charge in [-0.25, -0.2) is 0 Å².